The number of halogens is 2. The molecule has 3 aromatic rings. The zero-order valence-corrected chi connectivity index (χ0v) is 19.9. The summed E-state index contributed by atoms with van der Waals surface area (Å²) in [6.07, 6.45) is 3.58. The first-order valence-electron chi connectivity index (χ1n) is 11.4. The van der Waals surface area contributed by atoms with Gasteiger partial charge in [-0.1, -0.05) is 42.6 Å². The van der Waals surface area contributed by atoms with Crippen LogP contribution in [-0.4, -0.2) is 40.5 Å². The van der Waals surface area contributed by atoms with Crippen molar-refractivity contribution in [3.8, 4) is 11.4 Å². The Balaban J connectivity index is 1.53. The molecule has 1 N–H and O–H groups in total. The lowest BCUT2D eigenvalue weighted by Crippen LogP contribution is -2.42. The van der Waals surface area contributed by atoms with Gasteiger partial charge in [0.25, 0.3) is 0 Å². The molecule has 1 aromatic heterocycles. The predicted molar refractivity (Wildman–Crippen MR) is 128 cm³/mol. The van der Waals surface area contributed by atoms with Gasteiger partial charge in [0.05, 0.1) is 13.2 Å². The fourth-order valence-electron chi connectivity index (χ4n) is 4.68. The second-order valence-corrected chi connectivity index (χ2v) is 9.10. The van der Waals surface area contributed by atoms with Crippen LogP contribution < -0.4 is 11.0 Å². The Hall–Kier alpha value is -2.97. The largest absolute Gasteiger partial charge is 0.383 e. The maximum absolute atomic E-state index is 14.6. The SMILES string of the molecule is COCCn1c(-c2ccc(Cl)cc2)nn(CC(=O)NCC2(c3ccccc3F)CCCC2)c1=O. The molecule has 2 aromatic carbocycles. The Kier molecular flexibility index (Phi) is 7.48. The summed E-state index contributed by atoms with van der Waals surface area (Å²) in [6, 6.07) is 13.7. The van der Waals surface area contributed by atoms with Gasteiger partial charge in [-0.3, -0.25) is 9.36 Å². The summed E-state index contributed by atoms with van der Waals surface area (Å²) in [5.74, 6) is -0.159. The van der Waals surface area contributed by atoms with Gasteiger partial charge in [0.15, 0.2) is 5.82 Å². The number of aromatic nitrogens is 3. The summed E-state index contributed by atoms with van der Waals surface area (Å²) >= 11 is 5.99. The summed E-state index contributed by atoms with van der Waals surface area (Å²) in [5, 5.41) is 7.92. The molecule has 9 heteroatoms. The van der Waals surface area contributed by atoms with Gasteiger partial charge < -0.3 is 10.1 Å². The molecule has 1 amide bonds. The summed E-state index contributed by atoms with van der Waals surface area (Å²) in [6.45, 7) is 0.706. The Labute approximate surface area is 202 Å². The number of methoxy groups -OCH3 is 1. The molecule has 1 aliphatic carbocycles. The number of amides is 1. The zero-order valence-electron chi connectivity index (χ0n) is 19.1. The van der Waals surface area contributed by atoms with Crippen molar-refractivity contribution >= 4 is 17.5 Å². The second-order valence-electron chi connectivity index (χ2n) is 8.66. The van der Waals surface area contributed by atoms with Crippen molar-refractivity contribution in [2.24, 2.45) is 0 Å². The molecule has 0 bridgehead atoms. The first-order chi connectivity index (χ1) is 16.4. The number of carbonyl (C=O) groups is 1. The van der Waals surface area contributed by atoms with Gasteiger partial charge >= 0.3 is 5.69 Å². The number of hydrogen-bond acceptors (Lipinski definition) is 4. The number of rotatable bonds is 9. The van der Waals surface area contributed by atoms with E-state index in [1.165, 1.54) is 10.6 Å². The van der Waals surface area contributed by atoms with Crippen molar-refractivity contribution in [2.45, 2.75) is 44.2 Å². The molecule has 0 unspecified atom stereocenters. The highest BCUT2D eigenvalue weighted by Crippen LogP contribution is 2.41. The van der Waals surface area contributed by atoms with Crippen LogP contribution in [0.1, 0.15) is 31.2 Å². The van der Waals surface area contributed by atoms with E-state index >= 15 is 0 Å². The normalized spacial score (nSPS) is 14.9. The number of nitrogens with one attached hydrogen (secondary N) is 1. The lowest BCUT2D eigenvalue weighted by molar-refractivity contribution is -0.122. The smallest absolute Gasteiger partial charge is 0.346 e. The Bertz CT molecular complexity index is 1200. The first kappa shape index (κ1) is 24.2. The van der Waals surface area contributed by atoms with E-state index in [2.05, 4.69) is 10.4 Å². The summed E-state index contributed by atoms with van der Waals surface area (Å²) < 4.78 is 22.3. The van der Waals surface area contributed by atoms with E-state index in [9.17, 15) is 14.0 Å². The summed E-state index contributed by atoms with van der Waals surface area (Å²) in [4.78, 5) is 25.9. The monoisotopic (exact) mass is 486 g/mol. The molecule has 7 nitrogen and oxygen atoms in total. The van der Waals surface area contributed by atoms with E-state index in [0.717, 1.165) is 30.4 Å². The van der Waals surface area contributed by atoms with Crippen molar-refractivity contribution in [3.05, 3.63) is 75.4 Å². The minimum absolute atomic E-state index is 0.229. The molecule has 1 heterocycles. The third-order valence-corrected chi connectivity index (χ3v) is 6.72. The van der Waals surface area contributed by atoms with E-state index in [1.54, 1.807) is 43.5 Å². The highest BCUT2D eigenvalue weighted by Gasteiger charge is 2.37. The highest BCUT2D eigenvalue weighted by atomic mass is 35.5. The van der Waals surface area contributed by atoms with Gasteiger partial charge in [-0.2, -0.15) is 0 Å². The molecule has 1 aliphatic rings. The van der Waals surface area contributed by atoms with Gasteiger partial charge in [0, 0.05) is 29.7 Å². The molecule has 0 atom stereocenters. The van der Waals surface area contributed by atoms with Crippen molar-refractivity contribution in [1.29, 1.82) is 0 Å². The van der Waals surface area contributed by atoms with E-state index in [0.29, 0.717) is 41.7 Å². The van der Waals surface area contributed by atoms with Crippen molar-refractivity contribution in [3.63, 3.8) is 0 Å². The van der Waals surface area contributed by atoms with Crippen LogP contribution in [0.5, 0.6) is 0 Å². The first-order valence-corrected chi connectivity index (χ1v) is 11.8. The van der Waals surface area contributed by atoms with E-state index < -0.39 is 11.1 Å². The van der Waals surface area contributed by atoms with E-state index in [-0.39, 0.29) is 18.3 Å². The topological polar surface area (TPSA) is 78.2 Å². The Morgan fingerprint density at radius 2 is 1.88 bits per heavy atom. The lowest BCUT2D eigenvalue weighted by Gasteiger charge is -2.30. The van der Waals surface area contributed by atoms with Gasteiger partial charge in [0.1, 0.15) is 12.4 Å². The van der Waals surface area contributed by atoms with Crippen LogP contribution in [0.3, 0.4) is 0 Å². The third-order valence-electron chi connectivity index (χ3n) is 6.47. The predicted octanol–water partition coefficient (Wildman–Crippen LogP) is 3.78. The standard InChI is InChI=1S/C25H28ClFN4O3/c1-34-15-14-30-23(18-8-10-19(26)11-9-18)29-31(24(30)33)16-22(32)28-17-25(12-4-5-13-25)20-6-2-3-7-21(20)27/h2-3,6-11H,4-5,12-17H2,1H3,(H,28,32). The summed E-state index contributed by atoms with van der Waals surface area (Å²) in [7, 11) is 1.55. The number of carbonyl (C=O) groups excluding carboxylic acids is 1. The van der Waals surface area contributed by atoms with Crippen LogP contribution >= 0.6 is 11.6 Å². The highest BCUT2D eigenvalue weighted by molar-refractivity contribution is 6.30. The molecule has 4 rings (SSSR count). The fourth-order valence-corrected chi connectivity index (χ4v) is 4.81. The average molecular weight is 487 g/mol. The Morgan fingerprint density at radius 1 is 1.18 bits per heavy atom. The zero-order chi connectivity index (χ0) is 24.1. The molecule has 1 fully saturated rings. The molecular formula is C25H28ClFN4O3. The van der Waals surface area contributed by atoms with Crippen molar-refractivity contribution < 1.29 is 13.9 Å². The van der Waals surface area contributed by atoms with Crippen molar-refractivity contribution in [2.75, 3.05) is 20.3 Å². The quantitative estimate of drug-likeness (QED) is 0.499. The molecule has 34 heavy (non-hydrogen) atoms. The van der Waals surface area contributed by atoms with Crippen LogP contribution in [0.25, 0.3) is 11.4 Å². The van der Waals surface area contributed by atoms with Gasteiger partial charge in [-0.15, -0.1) is 5.10 Å². The van der Waals surface area contributed by atoms with Crippen molar-refractivity contribution in [1.82, 2.24) is 19.7 Å². The molecule has 0 spiro atoms. The fraction of sp³-hybridized carbons (Fsp3) is 0.400. The molecule has 0 saturated heterocycles. The number of ether oxygens (including phenoxy) is 1. The van der Waals surface area contributed by atoms with E-state index in [4.69, 9.17) is 16.3 Å². The van der Waals surface area contributed by atoms with Gasteiger partial charge in [-0.05, 0) is 48.7 Å². The number of benzene rings is 2. The lowest BCUT2D eigenvalue weighted by atomic mass is 9.78. The number of hydrogen-bond donors (Lipinski definition) is 1. The summed E-state index contributed by atoms with van der Waals surface area (Å²) in [5.41, 5.74) is 0.514. The number of nitrogens with zero attached hydrogens (tertiary/aromatic N) is 3. The minimum atomic E-state index is -0.432. The molecule has 0 radical (unpaired) electrons. The molecule has 1 saturated carbocycles. The van der Waals surface area contributed by atoms with Crippen LogP contribution in [0, 0.1) is 5.82 Å². The van der Waals surface area contributed by atoms with E-state index in [1.807, 2.05) is 6.07 Å². The van der Waals surface area contributed by atoms with Crippen LogP contribution in [0.15, 0.2) is 53.3 Å². The molecular weight excluding hydrogens is 459 g/mol. The molecule has 0 aliphatic heterocycles. The van der Waals surface area contributed by atoms with Gasteiger partial charge in [-0.25, -0.2) is 13.9 Å². The maximum atomic E-state index is 14.6. The maximum Gasteiger partial charge on any atom is 0.346 e. The van der Waals surface area contributed by atoms with Crippen LogP contribution in [0.4, 0.5) is 4.39 Å². The van der Waals surface area contributed by atoms with Gasteiger partial charge in [0.2, 0.25) is 5.91 Å². The average Bonchev–Trinajstić information content (AvgIpc) is 3.43. The van der Waals surface area contributed by atoms with Crippen LogP contribution in [-0.2, 0) is 28.0 Å². The minimum Gasteiger partial charge on any atom is -0.383 e. The van der Waals surface area contributed by atoms with Crippen LogP contribution in [0.2, 0.25) is 5.02 Å². The molecule has 180 valence electrons. The third kappa shape index (κ3) is 5.08. The second kappa shape index (κ2) is 10.5. The Morgan fingerprint density at radius 3 is 2.56 bits per heavy atom.